The van der Waals surface area contributed by atoms with Gasteiger partial charge in [-0.25, -0.2) is 4.99 Å². The molecular weight excluding hydrogens is 264 g/mol. The van der Waals surface area contributed by atoms with E-state index in [0.717, 1.165) is 17.0 Å². The number of nitrogens with one attached hydrogen (secondary N) is 1. The van der Waals surface area contributed by atoms with Crippen molar-refractivity contribution in [3.63, 3.8) is 0 Å². The van der Waals surface area contributed by atoms with Crippen molar-refractivity contribution in [2.75, 3.05) is 12.4 Å². The molecule has 0 unspecified atom stereocenters. The van der Waals surface area contributed by atoms with Crippen molar-refractivity contribution >= 4 is 11.6 Å². The Bertz CT molecular complexity index is 654. The summed E-state index contributed by atoms with van der Waals surface area (Å²) < 4.78 is 5.09. The predicted molar refractivity (Wildman–Crippen MR) is 83.1 cm³/mol. The Kier molecular flexibility index (Phi) is 4.78. The molecule has 0 aliphatic heterocycles. The number of guanidine groups is 1. The maximum Gasteiger partial charge on any atom is 0.193 e. The van der Waals surface area contributed by atoms with E-state index in [1.165, 1.54) is 0 Å². The molecule has 0 bridgehead atoms. The molecule has 0 aliphatic rings. The molecule has 0 spiro atoms. The van der Waals surface area contributed by atoms with Gasteiger partial charge in [0.2, 0.25) is 0 Å². The third-order valence-corrected chi connectivity index (χ3v) is 2.88. The topological polar surface area (TPSA) is 83.4 Å². The van der Waals surface area contributed by atoms with Crippen LogP contribution in [0.5, 0.6) is 5.75 Å². The lowest BCUT2D eigenvalue weighted by Crippen LogP contribution is -2.22. The van der Waals surface area contributed by atoms with E-state index >= 15 is 0 Å². The van der Waals surface area contributed by atoms with Crippen molar-refractivity contribution in [1.82, 2.24) is 0 Å². The third-order valence-electron chi connectivity index (χ3n) is 2.88. The molecule has 5 nitrogen and oxygen atoms in total. The highest BCUT2D eigenvalue weighted by Gasteiger charge is 1.97. The lowest BCUT2D eigenvalue weighted by molar-refractivity contribution is 0.415. The Balaban J connectivity index is 1.95. The highest BCUT2D eigenvalue weighted by atomic mass is 16.5. The average molecular weight is 280 g/mol. The number of rotatable bonds is 4. The van der Waals surface area contributed by atoms with Gasteiger partial charge in [-0.2, -0.15) is 5.26 Å². The molecule has 0 saturated carbocycles. The average Bonchev–Trinajstić information content (AvgIpc) is 2.54. The van der Waals surface area contributed by atoms with E-state index in [-0.39, 0.29) is 0 Å². The fourth-order valence-corrected chi connectivity index (χ4v) is 1.72. The maximum atomic E-state index is 8.73. The van der Waals surface area contributed by atoms with Crippen LogP contribution >= 0.6 is 0 Å². The van der Waals surface area contributed by atoms with Gasteiger partial charge in [-0.1, -0.05) is 12.1 Å². The van der Waals surface area contributed by atoms with Gasteiger partial charge in [0.15, 0.2) is 5.96 Å². The van der Waals surface area contributed by atoms with E-state index in [1.54, 1.807) is 19.2 Å². The normalized spacial score (nSPS) is 10.8. The summed E-state index contributed by atoms with van der Waals surface area (Å²) in [5, 5.41) is 11.7. The molecule has 0 atom stereocenters. The first-order valence-electron chi connectivity index (χ1n) is 6.41. The van der Waals surface area contributed by atoms with Crippen molar-refractivity contribution in [3.8, 4) is 11.8 Å². The Morgan fingerprint density at radius 1 is 1.19 bits per heavy atom. The second-order valence-corrected chi connectivity index (χ2v) is 4.36. The summed E-state index contributed by atoms with van der Waals surface area (Å²) in [5.41, 5.74) is 8.31. The number of hydrogen-bond acceptors (Lipinski definition) is 3. The Hall–Kier alpha value is -3.00. The first-order valence-corrected chi connectivity index (χ1v) is 6.41. The van der Waals surface area contributed by atoms with Crippen LogP contribution in [0.3, 0.4) is 0 Å². The molecule has 0 fully saturated rings. The van der Waals surface area contributed by atoms with E-state index in [1.807, 2.05) is 36.4 Å². The van der Waals surface area contributed by atoms with Crippen LogP contribution in [0.4, 0.5) is 5.69 Å². The second kappa shape index (κ2) is 6.96. The number of anilines is 1. The van der Waals surface area contributed by atoms with Gasteiger partial charge < -0.3 is 15.8 Å². The van der Waals surface area contributed by atoms with Crippen LogP contribution in [-0.4, -0.2) is 13.1 Å². The molecule has 0 saturated heterocycles. The molecular formula is C16H16N4O. The molecule has 5 heteroatoms. The SMILES string of the molecule is COc1ccc(NC(N)=NCc2ccc(C#N)cc2)cc1. The standard InChI is InChI=1S/C16H16N4O/c1-21-15-8-6-14(7-9-15)20-16(18)19-11-13-4-2-12(10-17)3-5-13/h2-9H,11H2,1H3,(H3,18,19,20). The molecule has 21 heavy (non-hydrogen) atoms. The molecule has 2 rings (SSSR count). The van der Waals surface area contributed by atoms with Crippen LogP contribution in [0.2, 0.25) is 0 Å². The van der Waals surface area contributed by atoms with E-state index in [0.29, 0.717) is 18.1 Å². The fraction of sp³-hybridized carbons (Fsp3) is 0.125. The number of benzene rings is 2. The van der Waals surface area contributed by atoms with Gasteiger partial charge in [-0.05, 0) is 42.0 Å². The van der Waals surface area contributed by atoms with Crippen LogP contribution in [0.15, 0.2) is 53.5 Å². The number of nitrogens with zero attached hydrogens (tertiary/aromatic N) is 2. The molecule has 106 valence electrons. The zero-order chi connectivity index (χ0) is 15.1. The molecule has 2 aromatic rings. The minimum atomic E-state index is 0.338. The maximum absolute atomic E-state index is 8.73. The smallest absolute Gasteiger partial charge is 0.193 e. The van der Waals surface area contributed by atoms with Gasteiger partial charge in [0.1, 0.15) is 5.75 Å². The van der Waals surface area contributed by atoms with Gasteiger partial charge in [0.25, 0.3) is 0 Å². The molecule has 2 aromatic carbocycles. The molecule has 0 radical (unpaired) electrons. The van der Waals surface area contributed by atoms with Crippen molar-refractivity contribution in [3.05, 3.63) is 59.7 Å². The summed E-state index contributed by atoms with van der Waals surface area (Å²) in [6, 6.07) is 16.7. The highest BCUT2D eigenvalue weighted by molar-refractivity contribution is 5.92. The Labute approximate surface area is 123 Å². The number of nitriles is 1. The van der Waals surface area contributed by atoms with Gasteiger partial charge in [0.05, 0.1) is 25.3 Å². The van der Waals surface area contributed by atoms with E-state index < -0.39 is 0 Å². The lowest BCUT2D eigenvalue weighted by Gasteiger charge is -2.06. The van der Waals surface area contributed by atoms with Crippen molar-refractivity contribution in [2.24, 2.45) is 10.7 Å². The zero-order valence-electron chi connectivity index (χ0n) is 11.7. The first-order chi connectivity index (χ1) is 10.2. The molecule has 0 heterocycles. The van der Waals surface area contributed by atoms with Crippen LogP contribution in [0, 0.1) is 11.3 Å². The lowest BCUT2D eigenvalue weighted by atomic mass is 10.1. The van der Waals surface area contributed by atoms with Gasteiger partial charge in [-0.15, -0.1) is 0 Å². The van der Waals surface area contributed by atoms with Gasteiger partial charge in [-0.3, -0.25) is 0 Å². The summed E-state index contributed by atoms with van der Waals surface area (Å²) in [6.07, 6.45) is 0. The molecule has 0 aliphatic carbocycles. The largest absolute Gasteiger partial charge is 0.497 e. The van der Waals surface area contributed by atoms with Gasteiger partial charge in [0, 0.05) is 5.69 Å². The third kappa shape index (κ3) is 4.25. The van der Waals surface area contributed by atoms with Crippen molar-refractivity contribution in [2.45, 2.75) is 6.54 Å². The van der Waals surface area contributed by atoms with E-state index in [2.05, 4.69) is 16.4 Å². The fourth-order valence-electron chi connectivity index (χ4n) is 1.72. The minimum absolute atomic E-state index is 0.338. The Morgan fingerprint density at radius 2 is 1.86 bits per heavy atom. The minimum Gasteiger partial charge on any atom is -0.497 e. The molecule has 3 N–H and O–H groups in total. The summed E-state index contributed by atoms with van der Waals surface area (Å²) in [5.74, 6) is 1.12. The number of aliphatic imine (C=N–C) groups is 1. The summed E-state index contributed by atoms with van der Waals surface area (Å²) in [4.78, 5) is 4.26. The van der Waals surface area contributed by atoms with Crippen LogP contribution in [0.25, 0.3) is 0 Å². The highest BCUT2D eigenvalue weighted by Crippen LogP contribution is 2.14. The van der Waals surface area contributed by atoms with Crippen molar-refractivity contribution < 1.29 is 4.74 Å². The summed E-state index contributed by atoms with van der Waals surface area (Å²) >= 11 is 0. The predicted octanol–water partition coefficient (Wildman–Crippen LogP) is 2.49. The number of hydrogen-bond donors (Lipinski definition) is 2. The number of ether oxygens (including phenoxy) is 1. The van der Waals surface area contributed by atoms with Crippen molar-refractivity contribution in [1.29, 1.82) is 5.26 Å². The monoisotopic (exact) mass is 280 g/mol. The van der Waals surface area contributed by atoms with E-state index in [9.17, 15) is 0 Å². The summed E-state index contributed by atoms with van der Waals surface area (Å²) in [6.45, 7) is 0.459. The van der Waals surface area contributed by atoms with Gasteiger partial charge >= 0.3 is 0 Å². The summed E-state index contributed by atoms with van der Waals surface area (Å²) in [7, 11) is 1.62. The first kappa shape index (κ1) is 14.4. The molecule has 0 aromatic heterocycles. The Morgan fingerprint density at radius 3 is 2.43 bits per heavy atom. The van der Waals surface area contributed by atoms with Crippen LogP contribution < -0.4 is 15.8 Å². The van der Waals surface area contributed by atoms with E-state index in [4.69, 9.17) is 15.7 Å². The quantitative estimate of drug-likeness (QED) is 0.665. The number of methoxy groups -OCH3 is 1. The van der Waals surface area contributed by atoms with Crippen LogP contribution in [0.1, 0.15) is 11.1 Å². The van der Waals surface area contributed by atoms with Crippen LogP contribution in [-0.2, 0) is 6.54 Å². The zero-order valence-corrected chi connectivity index (χ0v) is 11.7. The molecule has 0 amide bonds. The number of nitrogens with two attached hydrogens (primary N) is 1. The second-order valence-electron chi connectivity index (χ2n) is 4.36.